The van der Waals surface area contributed by atoms with Crippen LogP contribution in [0.5, 0.6) is 0 Å². The van der Waals surface area contributed by atoms with Gasteiger partial charge < -0.3 is 10.4 Å². The van der Waals surface area contributed by atoms with E-state index in [1.54, 1.807) is 24.3 Å². The van der Waals surface area contributed by atoms with Gasteiger partial charge in [0.15, 0.2) is 0 Å². The van der Waals surface area contributed by atoms with Crippen LogP contribution in [0.4, 0.5) is 0 Å². The van der Waals surface area contributed by atoms with Gasteiger partial charge in [0.1, 0.15) is 0 Å². The SMILES string of the molecule is CCC(NC(=O)c1cccc(C=CC(=O)O)c1)C(C)C. The van der Waals surface area contributed by atoms with Crippen molar-refractivity contribution in [3.8, 4) is 0 Å². The molecule has 1 aromatic rings. The number of hydrogen-bond acceptors (Lipinski definition) is 2. The molecule has 1 rings (SSSR count). The molecule has 0 spiro atoms. The fourth-order valence-corrected chi connectivity index (χ4v) is 1.94. The molecule has 20 heavy (non-hydrogen) atoms. The van der Waals surface area contributed by atoms with Crippen molar-refractivity contribution in [3.63, 3.8) is 0 Å². The zero-order chi connectivity index (χ0) is 15.1. The molecule has 0 aromatic heterocycles. The average Bonchev–Trinajstić information content (AvgIpc) is 2.42. The van der Waals surface area contributed by atoms with E-state index in [9.17, 15) is 9.59 Å². The Balaban J connectivity index is 2.83. The van der Waals surface area contributed by atoms with E-state index in [0.29, 0.717) is 17.0 Å². The van der Waals surface area contributed by atoms with Crippen molar-refractivity contribution in [1.82, 2.24) is 5.32 Å². The number of amides is 1. The van der Waals surface area contributed by atoms with Crippen LogP contribution in [-0.4, -0.2) is 23.0 Å². The van der Waals surface area contributed by atoms with Gasteiger partial charge in [-0.05, 0) is 36.1 Å². The standard InChI is InChI=1S/C16H21NO3/c1-4-14(11(2)3)17-16(20)13-7-5-6-12(10-13)8-9-15(18)19/h5-11,14H,4H2,1-3H3,(H,17,20)(H,18,19). The van der Waals surface area contributed by atoms with Gasteiger partial charge in [0.05, 0.1) is 0 Å². The van der Waals surface area contributed by atoms with Gasteiger partial charge in [0, 0.05) is 17.7 Å². The molecule has 0 heterocycles. The zero-order valence-corrected chi connectivity index (χ0v) is 12.1. The van der Waals surface area contributed by atoms with Crippen molar-refractivity contribution in [2.24, 2.45) is 5.92 Å². The van der Waals surface area contributed by atoms with E-state index in [1.165, 1.54) is 6.08 Å². The minimum Gasteiger partial charge on any atom is -0.478 e. The number of carboxylic acid groups (broad SMARTS) is 1. The number of carbonyl (C=O) groups excluding carboxylic acids is 1. The summed E-state index contributed by atoms with van der Waals surface area (Å²) in [5, 5.41) is 11.6. The van der Waals surface area contributed by atoms with E-state index in [4.69, 9.17) is 5.11 Å². The third kappa shape index (κ3) is 4.88. The molecular formula is C16H21NO3. The number of hydrogen-bond donors (Lipinski definition) is 2. The van der Waals surface area contributed by atoms with Crippen LogP contribution in [0.1, 0.15) is 43.1 Å². The summed E-state index contributed by atoms with van der Waals surface area (Å²) in [6.45, 7) is 6.18. The minimum atomic E-state index is -1.01. The summed E-state index contributed by atoms with van der Waals surface area (Å²) in [6.07, 6.45) is 3.40. The van der Waals surface area contributed by atoms with Crippen molar-refractivity contribution in [2.75, 3.05) is 0 Å². The van der Waals surface area contributed by atoms with Gasteiger partial charge in [-0.2, -0.15) is 0 Å². The highest BCUT2D eigenvalue weighted by Gasteiger charge is 2.15. The van der Waals surface area contributed by atoms with Gasteiger partial charge in [0.25, 0.3) is 5.91 Å². The fraction of sp³-hybridized carbons (Fsp3) is 0.375. The second-order valence-electron chi connectivity index (χ2n) is 5.03. The Labute approximate surface area is 119 Å². The second-order valence-corrected chi connectivity index (χ2v) is 5.03. The Morgan fingerprint density at radius 3 is 2.60 bits per heavy atom. The van der Waals surface area contributed by atoms with Crippen LogP contribution < -0.4 is 5.32 Å². The van der Waals surface area contributed by atoms with Gasteiger partial charge >= 0.3 is 5.97 Å². The summed E-state index contributed by atoms with van der Waals surface area (Å²) in [5.74, 6) is -0.763. The quantitative estimate of drug-likeness (QED) is 0.784. The molecule has 0 bridgehead atoms. The molecule has 0 saturated heterocycles. The van der Waals surface area contributed by atoms with Gasteiger partial charge in [0.2, 0.25) is 0 Å². The van der Waals surface area contributed by atoms with Gasteiger partial charge in [-0.25, -0.2) is 4.79 Å². The van der Waals surface area contributed by atoms with E-state index >= 15 is 0 Å². The molecule has 4 nitrogen and oxygen atoms in total. The maximum atomic E-state index is 12.2. The third-order valence-electron chi connectivity index (χ3n) is 3.13. The molecule has 0 aliphatic carbocycles. The lowest BCUT2D eigenvalue weighted by Gasteiger charge is -2.20. The molecule has 108 valence electrons. The van der Waals surface area contributed by atoms with Crippen molar-refractivity contribution < 1.29 is 14.7 Å². The molecule has 2 N–H and O–H groups in total. The molecule has 0 aliphatic heterocycles. The monoisotopic (exact) mass is 275 g/mol. The molecular weight excluding hydrogens is 254 g/mol. The van der Waals surface area contributed by atoms with E-state index in [2.05, 4.69) is 19.2 Å². The number of aliphatic carboxylic acids is 1. The first kappa shape index (κ1) is 16.0. The Kier molecular flexibility index (Phi) is 5.97. The third-order valence-corrected chi connectivity index (χ3v) is 3.13. The largest absolute Gasteiger partial charge is 0.478 e. The number of nitrogens with one attached hydrogen (secondary N) is 1. The molecule has 4 heteroatoms. The first-order valence-electron chi connectivity index (χ1n) is 6.76. The Morgan fingerprint density at radius 2 is 2.05 bits per heavy atom. The molecule has 1 aromatic carbocycles. The average molecular weight is 275 g/mol. The van der Waals surface area contributed by atoms with Crippen LogP contribution in [0, 0.1) is 5.92 Å². The highest BCUT2D eigenvalue weighted by Crippen LogP contribution is 2.10. The van der Waals surface area contributed by atoms with Crippen LogP contribution in [0.2, 0.25) is 0 Å². The minimum absolute atomic E-state index is 0.129. The van der Waals surface area contributed by atoms with Crippen molar-refractivity contribution in [2.45, 2.75) is 33.2 Å². The number of carbonyl (C=O) groups is 2. The predicted molar refractivity (Wildman–Crippen MR) is 79.5 cm³/mol. The zero-order valence-electron chi connectivity index (χ0n) is 12.1. The highest BCUT2D eigenvalue weighted by atomic mass is 16.4. The molecule has 1 amide bonds. The molecule has 1 unspecified atom stereocenters. The molecule has 0 saturated carbocycles. The fourth-order valence-electron chi connectivity index (χ4n) is 1.94. The lowest BCUT2D eigenvalue weighted by molar-refractivity contribution is -0.131. The van der Waals surface area contributed by atoms with Crippen molar-refractivity contribution in [1.29, 1.82) is 0 Å². The molecule has 1 atom stereocenters. The van der Waals surface area contributed by atoms with Gasteiger partial charge in [-0.3, -0.25) is 4.79 Å². The maximum Gasteiger partial charge on any atom is 0.328 e. The number of rotatable bonds is 6. The van der Waals surface area contributed by atoms with E-state index in [-0.39, 0.29) is 11.9 Å². The summed E-state index contributed by atoms with van der Waals surface area (Å²) in [7, 11) is 0. The van der Waals surface area contributed by atoms with Gasteiger partial charge in [-0.15, -0.1) is 0 Å². The van der Waals surface area contributed by atoms with E-state index in [1.807, 2.05) is 6.92 Å². The van der Waals surface area contributed by atoms with Crippen molar-refractivity contribution >= 4 is 18.0 Å². The highest BCUT2D eigenvalue weighted by molar-refractivity contribution is 5.95. The topological polar surface area (TPSA) is 66.4 Å². The Hall–Kier alpha value is -2.10. The lowest BCUT2D eigenvalue weighted by atomic mass is 10.0. The van der Waals surface area contributed by atoms with E-state index < -0.39 is 5.97 Å². The van der Waals surface area contributed by atoms with Crippen LogP contribution in [0.3, 0.4) is 0 Å². The number of carboxylic acids is 1. The Bertz CT molecular complexity index is 506. The van der Waals surface area contributed by atoms with Crippen LogP contribution in [0.15, 0.2) is 30.3 Å². The second kappa shape index (κ2) is 7.48. The normalized spacial score (nSPS) is 12.6. The number of benzene rings is 1. The summed E-state index contributed by atoms with van der Waals surface area (Å²) in [4.78, 5) is 22.6. The molecule has 0 fully saturated rings. The lowest BCUT2D eigenvalue weighted by Crippen LogP contribution is -2.38. The smallest absolute Gasteiger partial charge is 0.328 e. The molecule has 0 aliphatic rings. The maximum absolute atomic E-state index is 12.2. The molecule has 0 radical (unpaired) electrons. The van der Waals surface area contributed by atoms with Crippen molar-refractivity contribution in [3.05, 3.63) is 41.5 Å². The summed E-state index contributed by atoms with van der Waals surface area (Å²) in [5.41, 5.74) is 1.23. The van der Waals surface area contributed by atoms with Gasteiger partial charge in [-0.1, -0.05) is 32.9 Å². The predicted octanol–water partition coefficient (Wildman–Crippen LogP) is 2.95. The van der Waals surface area contributed by atoms with E-state index in [0.717, 1.165) is 12.5 Å². The Morgan fingerprint density at radius 1 is 1.35 bits per heavy atom. The summed E-state index contributed by atoms with van der Waals surface area (Å²) < 4.78 is 0. The first-order valence-corrected chi connectivity index (χ1v) is 6.76. The van der Waals surface area contributed by atoms with Crippen LogP contribution in [-0.2, 0) is 4.79 Å². The van der Waals surface area contributed by atoms with Crippen LogP contribution in [0.25, 0.3) is 6.08 Å². The van der Waals surface area contributed by atoms with Crippen LogP contribution >= 0.6 is 0 Å². The first-order chi connectivity index (χ1) is 9.43. The summed E-state index contributed by atoms with van der Waals surface area (Å²) in [6, 6.07) is 7.05. The summed E-state index contributed by atoms with van der Waals surface area (Å²) >= 11 is 0.